The van der Waals surface area contributed by atoms with Crippen LogP contribution in [0.4, 0.5) is 17.3 Å². The normalized spacial score (nSPS) is 13.1. The van der Waals surface area contributed by atoms with E-state index in [0.717, 1.165) is 55.7 Å². The number of para-hydroxylation sites is 3. The van der Waals surface area contributed by atoms with Gasteiger partial charge >= 0.3 is 0 Å². The molecule has 6 aromatic carbocycles. The quantitative estimate of drug-likeness (QED) is 0.216. The highest BCUT2D eigenvalue weighted by Gasteiger charge is 2.31. The highest BCUT2D eigenvalue weighted by molar-refractivity contribution is 6.34. The lowest BCUT2D eigenvalue weighted by Gasteiger charge is -2.29. The van der Waals surface area contributed by atoms with E-state index in [1.165, 1.54) is 37.8 Å². The van der Waals surface area contributed by atoms with Crippen molar-refractivity contribution in [3.63, 3.8) is 0 Å². The van der Waals surface area contributed by atoms with Crippen LogP contribution in [0.25, 0.3) is 82.2 Å². The molecule has 43 heavy (non-hydrogen) atoms. The Morgan fingerprint density at radius 2 is 1.12 bits per heavy atom. The molecule has 10 aromatic rings. The molecular weight excluding hydrogens is 528 g/mol. The van der Waals surface area contributed by atoms with Gasteiger partial charge in [-0.05, 0) is 41.8 Å². The van der Waals surface area contributed by atoms with Gasteiger partial charge < -0.3 is 8.82 Å². The molecule has 5 heteroatoms. The molecular formula is C38H20N4O. The lowest BCUT2D eigenvalue weighted by molar-refractivity contribution is 0.669. The lowest BCUT2D eigenvalue weighted by atomic mass is 10.0. The van der Waals surface area contributed by atoms with E-state index in [2.05, 4.69) is 118 Å². The van der Waals surface area contributed by atoms with Crippen molar-refractivity contribution in [2.45, 2.75) is 0 Å². The van der Waals surface area contributed by atoms with Crippen molar-refractivity contribution in [3.8, 4) is 11.3 Å². The van der Waals surface area contributed by atoms with E-state index in [1.807, 2.05) is 12.1 Å². The number of benzene rings is 6. The number of furan rings is 1. The van der Waals surface area contributed by atoms with Crippen LogP contribution in [0.2, 0.25) is 0 Å². The maximum atomic E-state index is 6.43. The molecule has 0 aliphatic carbocycles. The van der Waals surface area contributed by atoms with Gasteiger partial charge in [0.1, 0.15) is 11.2 Å². The zero-order valence-electron chi connectivity index (χ0n) is 22.7. The lowest BCUT2D eigenvalue weighted by Crippen LogP contribution is -2.18. The molecule has 198 valence electrons. The number of aromatic nitrogens is 3. The van der Waals surface area contributed by atoms with Crippen molar-refractivity contribution < 1.29 is 4.42 Å². The van der Waals surface area contributed by atoms with Gasteiger partial charge in [-0.15, -0.1) is 0 Å². The summed E-state index contributed by atoms with van der Waals surface area (Å²) in [5.41, 5.74) is 10.4. The monoisotopic (exact) mass is 548 g/mol. The number of hydrogen-bond acceptors (Lipinski definition) is 4. The number of nitrogens with zero attached hydrogens (tertiary/aromatic N) is 4. The van der Waals surface area contributed by atoms with Crippen molar-refractivity contribution in [2.75, 3.05) is 4.90 Å². The van der Waals surface area contributed by atoms with Gasteiger partial charge in [-0.1, -0.05) is 84.9 Å². The van der Waals surface area contributed by atoms with E-state index in [-0.39, 0.29) is 0 Å². The summed E-state index contributed by atoms with van der Waals surface area (Å²) in [5, 5.41) is 8.16. The molecule has 4 aromatic heterocycles. The smallest absolute Gasteiger partial charge is 0.235 e. The van der Waals surface area contributed by atoms with Gasteiger partial charge in [0.05, 0.1) is 44.5 Å². The Morgan fingerprint density at radius 1 is 0.465 bits per heavy atom. The zero-order chi connectivity index (χ0) is 27.8. The molecule has 0 amide bonds. The van der Waals surface area contributed by atoms with Crippen LogP contribution in [0.5, 0.6) is 0 Å². The summed E-state index contributed by atoms with van der Waals surface area (Å²) >= 11 is 0. The number of rotatable bonds is 2. The molecule has 0 fully saturated rings. The number of hydrogen-bond donors (Lipinski definition) is 0. The predicted octanol–water partition coefficient (Wildman–Crippen LogP) is 10.1. The Morgan fingerprint density at radius 3 is 1.95 bits per heavy atom. The third-order valence-electron chi connectivity index (χ3n) is 9.24. The van der Waals surface area contributed by atoms with E-state index in [1.54, 1.807) is 0 Å². The van der Waals surface area contributed by atoms with Crippen LogP contribution >= 0.6 is 0 Å². The molecule has 0 saturated carbocycles. The first kappa shape index (κ1) is 21.8. The fourth-order valence-electron chi connectivity index (χ4n) is 7.56. The fourth-order valence-corrected chi connectivity index (χ4v) is 7.56. The molecule has 1 aliphatic rings. The number of anilines is 3. The van der Waals surface area contributed by atoms with Gasteiger partial charge in [0.15, 0.2) is 0 Å². The van der Waals surface area contributed by atoms with Crippen LogP contribution in [0.15, 0.2) is 126 Å². The third-order valence-corrected chi connectivity index (χ3v) is 9.24. The molecule has 0 spiro atoms. The largest absolute Gasteiger partial charge is 0.456 e. The van der Waals surface area contributed by atoms with Gasteiger partial charge in [0.2, 0.25) is 5.95 Å². The molecule has 5 nitrogen and oxygen atoms in total. The van der Waals surface area contributed by atoms with E-state index in [9.17, 15) is 0 Å². The highest BCUT2D eigenvalue weighted by atomic mass is 16.3. The van der Waals surface area contributed by atoms with Crippen molar-refractivity contribution >= 4 is 88.3 Å². The Labute approximate surface area is 244 Å². The average Bonchev–Trinajstić information content (AvgIpc) is 3.57. The van der Waals surface area contributed by atoms with Crippen LogP contribution in [0, 0.1) is 0 Å². The maximum Gasteiger partial charge on any atom is 0.235 e. The average molecular weight is 549 g/mol. The van der Waals surface area contributed by atoms with Crippen molar-refractivity contribution in [3.05, 3.63) is 121 Å². The minimum Gasteiger partial charge on any atom is -0.456 e. The fraction of sp³-hybridized carbons (Fsp3) is 0. The topological polar surface area (TPSA) is 46.6 Å². The molecule has 0 saturated heterocycles. The van der Waals surface area contributed by atoms with E-state index < -0.39 is 0 Å². The molecule has 0 atom stereocenters. The molecule has 5 heterocycles. The van der Waals surface area contributed by atoms with E-state index >= 15 is 0 Å². The molecule has 0 unspecified atom stereocenters. The highest BCUT2D eigenvalue weighted by Crippen LogP contribution is 2.52. The number of fused-ring (bicyclic) bond motifs is 3. The summed E-state index contributed by atoms with van der Waals surface area (Å²) in [6.45, 7) is 0. The van der Waals surface area contributed by atoms with Crippen LogP contribution in [-0.2, 0) is 0 Å². The molecule has 1 aliphatic heterocycles. The van der Waals surface area contributed by atoms with Crippen LogP contribution < -0.4 is 4.90 Å². The van der Waals surface area contributed by atoms with Gasteiger partial charge in [-0.25, -0.2) is 9.97 Å². The second-order valence-electron chi connectivity index (χ2n) is 11.4. The van der Waals surface area contributed by atoms with Crippen molar-refractivity contribution in [1.29, 1.82) is 0 Å². The van der Waals surface area contributed by atoms with Crippen molar-refractivity contribution in [1.82, 2.24) is 14.4 Å². The Balaban J connectivity index is 1.37. The third kappa shape index (κ3) is 2.55. The van der Waals surface area contributed by atoms with Gasteiger partial charge in [-0.2, -0.15) is 0 Å². The van der Waals surface area contributed by atoms with Crippen LogP contribution in [0.1, 0.15) is 0 Å². The maximum absolute atomic E-state index is 6.43. The minimum atomic E-state index is 0.657. The second-order valence-corrected chi connectivity index (χ2v) is 11.4. The SMILES string of the molecule is c1ccc(-c2nc(N3c4cccc5c6cccc7oc8ccc9c%10cccc3c%10n(c45)c9c8c76)nc3ccccc23)cc1. The summed E-state index contributed by atoms with van der Waals surface area (Å²) in [5.74, 6) is 0.657. The van der Waals surface area contributed by atoms with Gasteiger partial charge in [0, 0.05) is 32.5 Å². The van der Waals surface area contributed by atoms with Crippen LogP contribution in [0.3, 0.4) is 0 Å². The molecule has 11 rings (SSSR count). The standard InChI is InChI=1S/C38H20N4O/c1-2-9-21(10-3-1)34-26-11-4-5-15-27(26)39-38(40-34)41-28-16-6-13-23-22-12-8-18-30-32(22)33-31(43-30)20-19-25-24-14-7-17-29(41)36(24)42(35(23)28)37(25)33/h1-20H. The van der Waals surface area contributed by atoms with E-state index in [0.29, 0.717) is 5.95 Å². The van der Waals surface area contributed by atoms with Gasteiger partial charge in [0.25, 0.3) is 0 Å². The first-order valence-corrected chi connectivity index (χ1v) is 14.5. The predicted molar refractivity (Wildman–Crippen MR) is 175 cm³/mol. The summed E-state index contributed by atoms with van der Waals surface area (Å²) in [6.07, 6.45) is 0. The first-order chi connectivity index (χ1) is 21.3. The zero-order valence-corrected chi connectivity index (χ0v) is 22.7. The minimum absolute atomic E-state index is 0.657. The van der Waals surface area contributed by atoms with E-state index in [4.69, 9.17) is 14.4 Å². The summed E-state index contributed by atoms with van der Waals surface area (Å²) in [7, 11) is 0. The Bertz CT molecular complexity index is 2790. The Hall–Kier alpha value is -5.94. The second kappa shape index (κ2) is 7.46. The molecule has 0 bridgehead atoms. The van der Waals surface area contributed by atoms with Crippen molar-refractivity contribution in [2.24, 2.45) is 0 Å². The summed E-state index contributed by atoms with van der Waals surface area (Å²) < 4.78 is 8.90. The Kier molecular flexibility index (Phi) is 3.78. The molecule has 0 radical (unpaired) electrons. The first-order valence-electron chi connectivity index (χ1n) is 14.5. The molecule has 0 N–H and O–H groups in total. The van der Waals surface area contributed by atoms with Crippen LogP contribution in [-0.4, -0.2) is 14.4 Å². The summed E-state index contributed by atoms with van der Waals surface area (Å²) in [6, 6.07) is 42.6. The summed E-state index contributed by atoms with van der Waals surface area (Å²) in [4.78, 5) is 12.8. The van der Waals surface area contributed by atoms with Gasteiger partial charge in [-0.3, -0.25) is 4.90 Å².